The largest absolute Gasteiger partial charge is 0.508 e. The average Bonchev–Trinajstić information content (AvgIpc) is 3.59. The van der Waals surface area contributed by atoms with Gasteiger partial charge in [-0.05, 0) is 83.2 Å². The van der Waals surface area contributed by atoms with Gasteiger partial charge in [0.1, 0.15) is 5.75 Å². The lowest BCUT2D eigenvalue weighted by Crippen LogP contribution is -2.09. The number of fused-ring (bicyclic) bond motifs is 1. The molecule has 0 amide bonds. The van der Waals surface area contributed by atoms with Crippen LogP contribution in [0.3, 0.4) is 0 Å². The van der Waals surface area contributed by atoms with Crippen LogP contribution in [0.2, 0.25) is 0 Å². The second-order valence-corrected chi connectivity index (χ2v) is 15.3. The minimum Gasteiger partial charge on any atom is -0.508 e. The number of para-hydroxylation sites is 1. The first-order valence-electron chi connectivity index (χ1n) is 16.5. The van der Waals surface area contributed by atoms with E-state index >= 15 is 0 Å². The first-order chi connectivity index (χ1) is 21.1. The summed E-state index contributed by atoms with van der Waals surface area (Å²) in [4.78, 5) is 10.3. The van der Waals surface area contributed by atoms with E-state index < -0.39 is 0 Å². The van der Waals surface area contributed by atoms with Gasteiger partial charge in [0.15, 0.2) is 0 Å². The van der Waals surface area contributed by atoms with Crippen molar-refractivity contribution < 1.29 is 5.11 Å². The van der Waals surface area contributed by atoms with Gasteiger partial charge in [0, 0.05) is 29.0 Å². The molecule has 0 radical (unpaired) electrons. The van der Waals surface area contributed by atoms with Gasteiger partial charge in [-0.25, -0.2) is 4.98 Å². The van der Waals surface area contributed by atoms with Gasteiger partial charge in [-0.2, -0.15) is 0 Å². The molecule has 3 aromatic carbocycles. The number of benzene rings is 3. The van der Waals surface area contributed by atoms with E-state index in [9.17, 15) is 0 Å². The summed E-state index contributed by atoms with van der Waals surface area (Å²) in [5.41, 5.74) is 7.32. The Balaban J connectivity index is 0.000000211. The number of hydrogen-bond acceptors (Lipinski definition) is 2. The molecule has 5 aromatic rings. The Morgan fingerprint density at radius 1 is 0.644 bits per heavy atom. The first kappa shape index (κ1) is 37.4. The van der Waals surface area contributed by atoms with Crippen molar-refractivity contribution in [2.75, 3.05) is 0 Å². The van der Waals surface area contributed by atoms with Gasteiger partial charge >= 0.3 is 0 Å². The highest BCUT2D eigenvalue weighted by Gasteiger charge is 2.14. The second kappa shape index (κ2) is 18.2. The number of rotatable bonds is 6. The Kier molecular flexibility index (Phi) is 15.2. The topological polar surface area (TPSA) is 64.7 Å². The lowest BCUT2D eigenvalue weighted by molar-refractivity contribution is 0.407. The molecule has 0 aliphatic heterocycles. The van der Waals surface area contributed by atoms with Gasteiger partial charge in [0.05, 0.1) is 6.33 Å². The predicted molar refractivity (Wildman–Crippen MR) is 195 cm³/mol. The summed E-state index contributed by atoms with van der Waals surface area (Å²) in [7, 11) is 0. The summed E-state index contributed by atoms with van der Waals surface area (Å²) in [6.07, 6.45) is 10.2. The molecule has 0 saturated carbocycles. The van der Waals surface area contributed by atoms with Crippen LogP contribution in [0.4, 0.5) is 0 Å². The molecule has 0 atom stereocenters. The number of H-pyrrole nitrogens is 2. The van der Waals surface area contributed by atoms with Crippen LogP contribution in [0.25, 0.3) is 10.9 Å². The molecule has 0 aliphatic carbocycles. The fraction of sp³-hybridized carbons (Fsp3) is 0.439. The van der Waals surface area contributed by atoms with E-state index in [-0.39, 0.29) is 0 Å². The summed E-state index contributed by atoms with van der Waals surface area (Å²) >= 11 is 0. The highest BCUT2D eigenvalue weighted by molar-refractivity contribution is 5.83. The molecule has 4 heteroatoms. The van der Waals surface area contributed by atoms with Gasteiger partial charge in [0.25, 0.3) is 0 Å². The summed E-state index contributed by atoms with van der Waals surface area (Å²) < 4.78 is 0. The van der Waals surface area contributed by atoms with E-state index in [0.29, 0.717) is 22.5 Å². The number of phenolic OH excluding ortho intramolecular Hbond substituents is 1. The number of nitrogens with one attached hydrogen (secondary N) is 2. The standard InChI is InChI=1S/C13H17N.C10H14O.C10H14.C8H14N2/c1-13(2,3)8-10-9-14-12-7-5-4-6-11(10)12;1-8(2)7-9-3-5-10(11)6-4-9;1-9(2)8-10-6-4-3-5-7-10;1-8(2,3)4-7-5-9-6-10-7/h4-7,9,14H,8H2,1-3H3;3-6,8,11H,7H2,1-2H3;3-7,9H,8H2,1-2H3;5-6H,4H2,1-3H3,(H,9,10). The van der Waals surface area contributed by atoms with Crippen molar-refractivity contribution in [3.05, 3.63) is 120 Å². The Hall–Kier alpha value is -3.79. The maximum atomic E-state index is 8.99. The van der Waals surface area contributed by atoms with Crippen molar-refractivity contribution in [3.8, 4) is 5.75 Å². The molecule has 244 valence electrons. The first-order valence-corrected chi connectivity index (χ1v) is 16.5. The van der Waals surface area contributed by atoms with Gasteiger partial charge in [-0.1, -0.05) is 130 Å². The van der Waals surface area contributed by atoms with Crippen molar-refractivity contribution in [2.45, 2.75) is 94.9 Å². The number of aromatic amines is 2. The minimum absolute atomic E-state index is 0.345. The predicted octanol–water partition coefficient (Wildman–Crippen LogP) is 11.2. The lowest BCUT2D eigenvalue weighted by atomic mass is 9.88. The maximum Gasteiger partial charge on any atom is 0.115 e. The Bertz CT molecular complexity index is 1450. The summed E-state index contributed by atoms with van der Waals surface area (Å²) in [5, 5.41) is 10.4. The van der Waals surface area contributed by atoms with E-state index in [1.165, 1.54) is 39.7 Å². The van der Waals surface area contributed by atoms with Crippen LogP contribution in [0.15, 0.2) is 97.6 Å². The molecular weight excluding hydrogens is 550 g/mol. The third-order valence-corrected chi connectivity index (χ3v) is 6.74. The molecule has 0 spiro atoms. The fourth-order valence-electron chi connectivity index (χ4n) is 4.99. The van der Waals surface area contributed by atoms with Crippen LogP contribution in [0.5, 0.6) is 5.75 Å². The van der Waals surface area contributed by atoms with Crippen LogP contribution in [0.1, 0.15) is 91.6 Å². The molecule has 2 aromatic heterocycles. The van der Waals surface area contributed by atoms with E-state index in [0.717, 1.165) is 25.2 Å². The zero-order valence-corrected chi connectivity index (χ0v) is 29.6. The molecule has 0 unspecified atom stereocenters. The smallest absolute Gasteiger partial charge is 0.115 e. The Labute approximate surface area is 273 Å². The highest BCUT2D eigenvalue weighted by atomic mass is 16.3. The van der Waals surface area contributed by atoms with E-state index in [4.69, 9.17) is 5.11 Å². The fourth-order valence-corrected chi connectivity index (χ4v) is 4.99. The van der Waals surface area contributed by atoms with Crippen LogP contribution in [-0.2, 0) is 25.7 Å². The number of aromatic hydroxyl groups is 1. The zero-order chi connectivity index (χ0) is 33.5. The van der Waals surface area contributed by atoms with Crippen LogP contribution < -0.4 is 0 Å². The molecule has 2 heterocycles. The maximum absolute atomic E-state index is 8.99. The van der Waals surface area contributed by atoms with E-state index in [1.54, 1.807) is 18.5 Å². The highest BCUT2D eigenvalue weighted by Crippen LogP contribution is 2.26. The van der Waals surface area contributed by atoms with Crippen LogP contribution in [0, 0.1) is 22.7 Å². The molecule has 4 nitrogen and oxygen atoms in total. The molecule has 3 N–H and O–H groups in total. The molecule has 0 aliphatic rings. The third kappa shape index (κ3) is 16.7. The van der Waals surface area contributed by atoms with E-state index in [2.05, 4.69) is 145 Å². The average molecular weight is 610 g/mol. The molecule has 45 heavy (non-hydrogen) atoms. The molecule has 0 saturated heterocycles. The molecular formula is C41H59N3O. The Morgan fingerprint density at radius 3 is 1.69 bits per heavy atom. The van der Waals surface area contributed by atoms with Crippen molar-refractivity contribution in [3.63, 3.8) is 0 Å². The monoisotopic (exact) mass is 609 g/mol. The summed E-state index contributed by atoms with van der Waals surface area (Å²) in [6, 6.07) is 26.5. The number of nitrogens with zero attached hydrogens (tertiary/aromatic N) is 1. The van der Waals surface area contributed by atoms with Crippen molar-refractivity contribution in [1.82, 2.24) is 15.0 Å². The normalized spacial score (nSPS) is 11.3. The molecule has 0 bridgehead atoms. The van der Waals surface area contributed by atoms with Gasteiger partial charge in [-0.15, -0.1) is 0 Å². The van der Waals surface area contributed by atoms with Crippen molar-refractivity contribution in [2.24, 2.45) is 22.7 Å². The zero-order valence-electron chi connectivity index (χ0n) is 29.6. The quantitative estimate of drug-likeness (QED) is 0.179. The number of aromatic nitrogens is 3. The molecule has 5 rings (SSSR count). The van der Waals surface area contributed by atoms with E-state index in [1.807, 2.05) is 18.3 Å². The van der Waals surface area contributed by atoms with Crippen LogP contribution >= 0.6 is 0 Å². The van der Waals surface area contributed by atoms with Gasteiger partial charge in [0.2, 0.25) is 0 Å². The van der Waals surface area contributed by atoms with Crippen LogP contribution in [-0.4, -0.2) is 20.1 Å². The SMILES string of the molecule is CC(C)(C)Cc1c[nH]c2ccccc12.CC(C)(C)Cc1cnc[nH]1.CC(C)Cc1ccc(O)cc1.CC(C)Cc1ccccc1. The van der Waals surface area contributed by atoms with Gasteiger partial charge < -0.3 is 15.1 Å². The number of imidazole rings is 1. The van der Waals surface area contributed by atoms with Crippen molar-refractivity contribution >= 4 is 10.9 Å². The number of hydrogen-bond donors (Lipinski definition) is 3. The minimum atomic E-state index is 0.345. The lowest BCUT2D eigenvalue weighted by Gasteiger charge is -2.17. The van der Waals surface area contributed by atoms with Gasteiger partial charge in [-0.3, -0.25) is 0 Å². The second-order valence-electron chi connectivity index (χ2n) is 15.3. The Morgan fingerprint density at radius 2 is 1.18 bits per heavy atom. The number of phenols is 1. The molecule has 0 fully saturated rings. The third-order valence-electron chi connectivity index (χ3n) is 6.74. The summed E-state index contributed by atoms with van der Waals surface area (Å²) in [6.45, 7) is 22.3. The summed E-state index contributed by atoms with van der Waals surface area (Å²) in [5.74, 6) is 1.79. The van der Waals surface area contributed by atoms with Crippen molar-refractivity contribution in [1.29, 1.82) is 0 Å².